The van der Waals surface area contributed by atoms with Crippen molar-refractivity contribution in [1.82, 2.24) is 14.5 Å². The molecule has 0 aromatic carbocycles. The maximum Gasteiger partial charge on any atom is 0.390 e. The Morgan fingerprint density at radius 1 is 1.50 bits per heavy atom. The monoisotopic (exact) mass is 305 g/mol. The van der Waals surface area contributed by atoms with Crippen LogP contribution in [0.1, 0.15) is 12.0 Å². The lowest BCUT2D eigenvalue weighted by Gasteiger charge is -2.17. The largest absolute Gasteiger partial charge is 0.390 e. The predicted octanol–water partition coefficient (Wildman–Crippen LogP) is 1.72. The second-order valence-corrected chi connectivity index (χ2v) is 5.80. The van der Waals surface area contributed by atoms with Crippen LogP contribution in [0.2, 0.25) is 0 Å². The van der Waals surface area contributed by atoms with E-state index in [0.29, 0.717) is 4.31 Å². The number of aromatic nitrogens is 2. The highest BCUT2D eigenvalue weighted by atomic mass is 35.5. The number of nitrogens with one attached hydrogen (secondary N) is 1. The van der Waals surface area contributed by atoms with Gasteiger partial charge in [0.1, 0.15) is 0 Å². The summed E-state index contributed by atoms with van der Waals surface area (Å²) in [6.45, 7) is -0.660. The van der Waals surface area contributed by atoms with Gasteiger partial charge in [-0.05, 0) is 0 Å². The van der Waals surface area contributed by atoms with Gasteiger partial charge in [0.2, 0.25) is 0 Å². The molecule has 1 aromatic heterocycles. The molecular formula is C8H11ClF3N3O2S. The van der Waals surface area contributed by atoms with Crippen LogP contribution in [0.5, 0.6) is 0 Å². The van der Waals surface area contributed by atoms with Gasteiger partial charge in [-0.1, -0.05) is 0 Å². The van der Waals surface area contributed by atoms with Gasteiger partial charge in [0.05, 0.1) is 18.5 Å². The Kier molecular flexibility index (Phi) is 4.62. The number of sulfonamides is 1. The standard InChI is InChI=1S/C8H11ClF3N3O2S/c1-15(3-2-8(10,11)12)18(16,17)7-6(4-9)5-13-14-7/h5H,2-4H2,1H3,(H,13,14). The molecule has 0 radical (unpaired) electrons. The number of hydrogen-bond donors (Lipinski definition) is 1. The van der Waals surface area contributed by atoms with Crippen LogP contribution in [-0.4, -0.2) is 42.7 Å². The fourth-order valence-corrected chi connectivity index (χ4v) is 2.73. The maximum atomic E-state index is 12.0. The van der Waals surface area contributed by atoms with Crippen molar-refractivity contribution in [2.45, 2.75) is 23.5 Å². The lowest BCUT2D eigenvalue weighted by atomic mass is 10.4. The van der Waals surface area contributed by atoms with Gasteiger partial charge >= 0.3 is 6.18 Å². The van der Waals surface area contributed by atoms with E-state index in [9.17, 15) is 21.6 Å². The lowest BCUT2D eigenvalue weighted by Crippen LogP contribution is -2.31. The summed E-state index contributed by atoms with van der Waals surface area (Å²) < 4.78 is 60.5. The number of alkyl halides is 4. The average molecular weight is 306 g/mol. The molecule has 104 valence electrons. The molecule has 0 amide bonds. The van der Waals surface area contributed by atoms with E-state index < -0.39 is 29.2 Å². The Morgan fingerprint density at radius 3 is 2.61 bits per heavy atom. The third kappa shape index (κ3) is 3.59. The van der Waals surface area contributed by atoms with Crippen LogP contribution in [0.3, 0.4) is 0 Å². The molecule has 1 N–H and O–H groups in total. The maximum absolute atomic E-state index is 12.0. The smallest absolute Gasteiger partial charge is 0.266 e. The van der Waals surface area contributed by atoms with E-state index in [1.54, 1.807) is 0 Å². The lowest BCUT2D eigenvalue weighted by molar-refractivity contribution is -0.135. The fourth-order valence-electron chi connectivity index (χ4n) is 1.18. The van der Waals surface area contributed by atoms with Crippen molar-refractivity contribution in [3.63, 3.8) is 0 Å². The summed E-state index contributed by atoms with van der Waals surface area (Å²) in [5.41, 5.74) is 0.218. The first-order valence-corrected chi connectivity index (χ1v) is 6.77. The van der Waals surface area contributed by atoms with Crippen molar-refractivity contribution in [2.75, 3.05) is 13.6 Å². The molecule has 1 heterocycles. The molecule has 0 unspecified atom stereocenters. The van der Waals surface area contributed by atoms with Crippen LogP contribution in [0.15, 0.2) is 11.2 Å². The van der Waals surface area contributed by atoms with Crippen LogP contribution in [0, 0.1) is 0 Å². The second-order valence-electron chi connectivity index (χ2n) is 3.55. The Labute approximate surface area is 107 Å². The molecule has 18 heavy (non-hydrogen) atoms. The molecule has 0 aliphatic heterocycles. The highest BCUT2D eigenvalue weighted by molar-refractivity contribution is 7.89. The molecule has 0 spiro atoms. The molecule has 0 atom stereocenters. The first-order chi connectivity index (χ1) is 8.18. The fraction of sp³-hybridized carbons (Fsp3) is 0.625. The van der Waals surface area contributed by atoms with Crippen LogP contribution >= 0.6 is 11.6 Å². The van der Waals surface area contributed by atoms with Gasteiger partial charge in [-0.25, -0.2) is 8.42 Å². The molecule has 10 heteroatoms. The van der Waals surface area contributed by atoms with Crippen LogP contribution in [-0.2, 0) is 15.9 Å². The molecule has 0 fully saturated rings. The van der Waals surface area contributed by atoms with Crippen molar-refractivity contribution >= 4 is 21.6 Å². The average Bonchev–Trinajstić information content (AvgIpc) is 2.73. The number of halogens is 4. The SMILES string of the molecule is CN(CCC(F)(F)F)S(=O)(=O)c1[nH]ncc1CCl. The topological polar surface area (TPSA) is 66.1 Å². The van der Waals surface area contributed by atoms with Gasteiger partial charge in [-0.3, -0.25) is 5.10 Å². The van der Waals surface area contributed by atoms with Gasteiger partial charge in [-0.2, -0.15) is 22.6 Å². The number of nitrogens with zero attached hydrogens (tertiary/aromatic N) is 2. The van der Waals surface area contributed by atoms with Crippen molar-refractivity contribution in [2.24, 2.45) is 0 Å². The number of H-pyrrole nitrogens is 1. The van der Waals surface area contributed by atoms with Crippen molar-refractivity contribution in [1.29, 1.82) is 0 Å². The molecule has 1 aromatic rings. The van der Waals surface area contributed by atoms with E-state index >= 15 is 0 Å². The van der Waals surface area contributed by atoms with Crippen molar-refractivity contribution in [3.8, 4) is 0 Å². The number of hydrogen-bond acceptors (Lipinski definition) is 3. The molecular weight excluding hydrogens is 295 g/mol. The highest BCUT2D eigenvalue weighted by Crippen LogP contribution is 2.22. The highest BCUT2D eigenvalue weighted by Gasteiger charge is 2.31. The predicted molar refractivity (Wildman–Crippen MR) is 58.6 cm³/mol. The summed E-state index contributed by atoms with van der Waals surface area (Å²) >= 11 is 5.51. The van der Waals surface area contributed by atoms with Crippen LogP contribution in [0.25, 0.3) is 0 Å². The zero-order chi connectivity index (χ0) is 14.0. The minimum Gasteiger partial charge on any atom is -0.266 e. The minimum atomic E-state index is -4.41. The first kappa shape index (κ1) is 15.3. The minimum absolute atomic E-state index is 0.0990. The van der Waals surface area contributed by atoms with E-state index in [1.807, 2.05) is 0 Å². The molecule has 1 rings (SSSR count). The Bertz CT molecular complexity index is 500. The molecule has 5 nitrogen and oxygen atoms in total. The normalized spacial score (nSPS) is 13.2. The van der Waals surface area contributed by atoms with E-state index in [-0.39, 0.29) is 16.5 Å². The molecule has 0 bridgehead atoms. The Balaban J connectivity index is 2.87. The van der Waals surface area contributed by atoms with Crippen molar-refractivity contribution in [3.05, 3.63) is 11.8 Å². The van der Waals surface area contributed by atoms with Gasteiger partial charge in [-0.15, -0.1) is 11.6 Å². The van der Waals surface area contributed by atoms with Crippen molar-refractivity contribution < 1.29 is 21.6 Å². The second kappa shape index (κ2) is 5.45. The molecule has 0 aliphatic rings. The Hall–Kier alpha value is -0.800. The van der Waals surface area contributed by atoms with E-state index in [4.69, 9.17) is 11.6 Å². The van der Waals surface area contributed by atoms with Gasteiger partial charge in [0, 0.05) is 19.2 Å². The number of rotatable bonds is 5. The van der Waals surface area contributed by atoms with Crippen LogP contribution in [0.4, 0.5) is 13.2 Å². The van der Waals surface area contributed by atoms with E-state index in [1.165, 1.54) is 6.20 Å². The molecule has 0 aliphatic carbocycles. The quantitative estimate of drug-likeness (QED) is 0.842. The third-order valence-corrected chi connectivity index (χ3v) is 4.36. The summed E-state index contributed by atoms with van der Waals surface area (Å²) in [4.78, 5) is 0. The van der Waals surface area contributed by atoms with Gasteiger partial charge in [0.15, 0.2) is 5.03 Å². The molecule has 0 saturated carbocycles. The van der Waals surface area contributed by atoms with E-state index in [2.05, 4.69) is 10.2 Å². The summed E-state index contributed by atoms with van der Waals surface area (Å²) in [6, 6.07) is 0. The summed E-state index contributed by atoms with van der Waals surface area (Å²) in [5.74, 6) is -0.0990. The van der Waals surface area contributed by atoms with Crippen LogP contribution < -0.4 is 0 Å². The zero-order valence-electron chi connectivity index (χ0n) is 9.33. The molecule has 0 saturated heterocycles. The van der Waals surface area contributed by atoms with Gasteiger partial charge < -0.3 is 0 Å². The summed E-state index contributed by atoms with van der Waals surface area (Å²) in [5, 5.41) is 5.47. The van der Waals surface area contributed by atoms with Gasteiger partial charge in [0.25, 0.3) is 10.0 Å². The van der Waals surface area contributed by atoms with E-state index in [0.717, 1.165) is 7.05 Å². The number of aromatic amines is 1. The Morgan fingerprint density at radius 2 is 2.11 bits per heavy atom. The first-order valence-electron chi connectivity index (χ1n) is 4.80. The third-order valence-electron chi connectivity index (χ3n) is 2.20. The summed E-state index contributed by atoms with van der Waals surface area (Å²) in [6.07, 6.45) is -4.41. The summed E-state index contributed by atoms with van der Waals surface area (Å²) in [7, 11) is -2.96. The zero-order valence-corrected chi connectivity index (χ0v) is 10.9.